The topological polar surface area (TPSA) is 106 Å². The SMILES string of the molecule is C=C1Nc2c(c(=O)n(C)c(=O)n2C)[C@@H](c2ccc(C#N)cc2)[C@H]1C(=O)OCC(C)C. The minimum Gasteiger partial charge on any atom is -0.465 e. The van der Waals surface area contributed by atoms with E-state index in [-0.39, 0.29) is 18.1 Å². The summed E-state index contributed by atoms with van der Waals surface area (Å²) in [7, 11) is 2.95. The van der Waals surface area contributed by atoms with Crippen molar-refractivity contribution < 1.29 is 9.53 Å². The van der Waals surface area contributed by atoms with E-state index >= 15 is 0 Å². The molecule has 3 rings (SSSR count). The largest absolute Gasteiger partial charge is 0.465 e. The first kappa shape index (κ1) is 21.1. The predicted octanol–water partition coefficient (Wildman–Crippen LogP) is 1.84. The molecule has 1 aromatic heterocycles. The number of anilines is 1. The van der Waals surface area contributed by atoms with Crippen molar-refractivity contribution in [1.29, 1.82) is 5.26 Å². The number of nitriles is 1. The lowest BCUT2D eigenvalue weighted by atomic mass is 9.77. The molecule has 2 atom stereocenters. The number of carbonyl (C=O) groups excluding carboxylic acids is 1. The van der Waals surface area contributed by atoms with Crippen LogP contribution >= 0.6 is 0 Å². The zero-order valence-corrected chi connectivity index (χ0v) is 17.4. The molecule has 0 radical (unpaired) electrons. The van der Waals surface area contributed by atoms with Gasteiger partial charge in [0, 0.05) is 25.7 Å². The van der Waals surface area contributed by atoms with Crippen molar-refractivity contribution in [2.24, 2.45) is 25.9 Å². The van der Waals surface area contributed by atoms with Crippen LogP contribution in [0.25, 0.3) is 0 Å². The zero-order valence-electron chi connectivity index (χ0n) is 17.4. The van der Waals surface area contributed by atoms with Gasteiger partial charge in [0.25, 0.3) is 5.56 Å². The van der Waals surface area contributed by atoms with Crippen molar-refractivity contribution >= 4 is 11.8 Å². The van der Waals surface area contributed by atoms with Crippen molar-refractivity contribution in [2.75, 3.05) is 11.9 Å². The molecule has 8 heteroatoms. The highest BCUT2D eigenvalue weighted by Crippen LogP contribution is 2.42. The maximum absolute atomic E-state index is 13.1. The average Bonchev–Trinajstić information content (AvgIpc) is 2.73. The number of fused-ring (bicyclic) bond motifs is 1. The second kappa shape index (κ2) is 8.03. The van der Waals surface area contributed by atoms with Gasteiger partial charge >= 0.3 is 11.7 Å². The highest BCUT2D eigenvalue weighted by Gasteiger charge is 2.42. The molecule has 2 aromatic rings. The number of rotatable bonds is 4. The summed E-state index contributed by atoms with van der Waals surface area (Å²) in [6.07, 6.45) is 0. The Morgan fingerprint density at radius 1 is 1.23 bits per heavy atom. The van der Waals surface area contributed by atoms with Gasteiger partial charge in [-0.25, -0.2) is 4.79 Å². The minimum absolute atomic E-state index is 0.146. The smallest absolute Gasteiger partial charge is 0.332 e. The van der Waals surface area contributed by atoms with Gasteiger partial charge in [-0.1, -0.05) is 32.6 Å². The van der Waals surface area contributed by atoms with Gasteiger partial charge in [0.05, 0.1) is 23.8 Å². The Morgan fingerprint density at radius 2 is 1.87 bits per heavy atom. The number of hydrogen-bond acceptors (Lipinski definition) is 6. The molecule has 1 aliphatic rings. The number of benzene rings is 1. The van der Waals surface area contributed by atoms with E-state index in [2.05, 4.69) is 18.0 Å². The maximum atomic E-state index is 13.1. The van der Waals surface area contributed by atoms with Crippen molar-refractivity contribution in [3.63, 3.8) is 0 Å². The Bertz CT molecular complexity index is 1170. The molecule has 0 fully saturated rings. The molecule has 0 saturated heterocycles. The van der Waals surface area contributed by atoms with E-state index in [4.69, 9.17) is 10.00 Å². The number of aromatic nitrogens is 2. The summed E-state index contributed by atoms with van der Waals surface area (Å²) in [6.45, 7) is 8.08. The molecule has 1 aliphatic heterocycles. The standard InChI is InChI=1S/C22H24N4O4/c1-12(2)11-30-21(28)16-13(3)24-19-18(20(27)26(5)22(29)25(19)4)17(16)15-8-6-14(10-23)7-9-15/h6-9,12,16-17,24H,3,11H2,1-2,4-5H3/t16-,17-/m0/s1. The van der Waals surface area contributed by atoms with Gasteiger partial charge in [-0.05, 0) is 23.6 Å². The molecule has 156 valence electrons. The summed E-state index contributed by atoms with van der Waals surface area (Å²) in [5.74, 6) is -1.64. The van der Waals surface area contributed by atoms with Crippen molar-refractivity contribution in [2.45, 2.75) is 19.8 Å². The number of nitrogens with zero attached hydrogens (tertiary/aromatic N) is 3. The second-order valence-corrected chi connectivity index (χ2v) is 7.83. The summed E-state index contributed by atoms with van der Waals surface area (Å²) < 4.78 is 7.82. The molecular formula is C22H24N4O4. The van der Waals surface area contributed by atoms with Gasteiger partial charge < -0.3 is 10.1 Å². The molecule has 0 aliphatic carbocycles. The van der Waals surface area contributed by atoms with Crippen LogP contribution in [0.1, 0.15) is 36.5 Å². The third-order valence-corrected chi connectivity index (χ3v) is 5.21. The lowest BCUT2D eigenvalue weighted by molar-refractivity contribution is -0.148. The molecule has 30 heavy (non-hydrogen) atoms. The average molecular weight is 408 g/mol. The van der Waals surface area contributed by atoms with Gasteiger partial charge in [-0.2, -0.15) is 5.26 Å². The van der Waals surface area contributed by atoms with Crippen LogP contribution in [-0.2, 0) is 23.6 Å². The third kappa shape index (κ3) is 3.54. The van der Waals surface area contributed by atoms with E-state index in [0.717, 1.165) is 4.57 Å². The Morgan fingerprint density at radius 3 is 2.43 bits per heavy atom. The van der Waals surface area contributed by atoms with Crippen LogP contribution in [0, 0.1) is 23.2 Å². The van der Waals surface area contributed by atoms with E-state index in [1.54, 1.807) is 31.3 Å². The van der Waals surface area contributed by atoms with Crippen molar-refractivity contribution in [1.82, 2.24) is 9.13 Å². The Kier molecular flexibility index (Phi) is 5.65. The van der Waals surface area contributed by atoms with E-state index in [1.807, 2.05) is 13.8 Å². The van der Waals surface area contributed by atoms with Crippen LogP contribution in [-0.4, -0.2) is 21.7 Å². The highest BCUT2D eigenvalue weighted by atomic mass is 16.5. The summed E-state index contributed by atoms with van der Waals surface area (Å²) >= 11 is 0. The zero-order chi connectivity index (χ0) is 22.2. The molecule has 0 unspecified atom stereocenters. The molecule has 8 nitrogen and oxygen atoms in total. The van der Waals surface area contributed by atoms with Crippen molar-refractivity contribution in [3.05, 3.63) is 74.1 Å². The van der Waals surface area contributed by atoms with Crippen LogP contribution in [0.3, 0.4) is 0 Å². The normalized spacial score (nSPS) is 17.8. The van der Waals surface area contributed by atoms with Gasteiger partial charge in [0.1, 0.15) is 11.7 Å². The van der Waals surface area contributed by atoms with Gasteiger partial charge in [-0.3, -0.25) is 18.7 Å². The van der Waals surface area contributed by atoms with Crippen molar-refractivity contribution in [3.8, 4) is 6.07 Å². The fourth-order valence-electron chi connectivity index (χ4n) is 3.64. The first-order chi connectivity index (χ1) is 14.2. The molecule has 1 aromatic carbocycles. The van der Waals surface area contributed by atoms with E-state index in [0.29, 0.717) is 22.6 Å². The van der Waals surface area contributed by atoms with E-state index < -0.39 is 29.1 Å². The lowest BCUT2D eigenvalue weighted by Gasteiger charge is -2.35. The molecular weight excluding hydrogens is 384 g/mol. The molecule has 0 spiro atoms. The fourth-order valence-corrected chi connectivity index (χ4v) is 3.64. The quantitative estimate of drug-likeness (QED) is 0.774. The van der Waals surface area contributed by atoms with Gasteiger partial charge in [-0.15, -0.1) is 0 Å². The number of esters is 1. The first-order valence-electron chi connectivity index (χ1n) is 9.59. The number of hydrogen-bond donors (Lipinski definition) is 1. The Hall–Kier alpha value is -3.60. The monoisotopic (exact) mass is 408 g/mol. The molecule has 1 N–H and O–H groups in total. The van der Waals surface area contributed by atoms with Crippen LogP contribution in [0.4, 0.5) is 5.82 Å². The summed E-state index contributed by atoms with van der Waals surface area (Å²) in [5, 5.41) is 12.1. The number of ether oxygens (including phenoxy) is 1. The fraction of sp³-hybridized carbons (Fsp3) is 0.364. The minimum atomic E-state index is -0.866. The van der Waals surface area contributed by atoms with E-state index in [1.165, 1.54) is 11.6 Å². The predicted molar refractivity (Wildman–Crippen MR) is 112 cm³/mol. The van der Waals surface area contributed by atoms with E-state index in [9.17, 15) is 14.4 Å². The first-order valence-corrected chi connectivity index (χ1v) is 9.59. The summed E-state index contributed by atoms with van der Waals surface area (Å²) in [6, 6.07) is 8.73. The van der Waals surface area contributed by atoms with Crippen LogP contribution < -0.4 is 16.6 Å². The molecule has 0 bridgehead atoms. The maximum Gasteiger partial charge on any atom is 0.332 e. The Balaban J connectivity index is 2.25. The Labute approximate surface area is 174 Å². The summed E-state index contributed by atoms with van der Waals surface area (Å²) in [4.78, 5) is 38.6. The highest BCUT2D eigenvalue weighted by molar-refractivity contribution is 5.81. The summed E-state index contributed by atoms with van der Waals surface area (Å²) in [5.41, 5.74) is 0.749. The third-order valence-electron chi connectivity index (χ3n) is 5.21. The number of nitrogens with one attached hydrogen (secondary N) is 1. The lowest BCUT2D eigenvalue weighted by Crippen LogP contribution is -2.46. The van der Waals surface area contributed by atoms with Crippen LogP contribution in [0.5, 0.6) is 0 Å². The second-order valence-electron chi connectivity index (χ2n) is 7.83. The van der Waals surface area contributed by atoms with Gasteiger partial charge in [0.15, 0.2) is 0 Å². The number of carbonyl (C=O) groups is 1. The van der Waals surface area contributed by atoms with Crippen LogP contribution in [0.15, 0.2) is 46.1 Å². The van der Waals surface area contributed by atoms with Crippen LogP contribution in [0.2, 0.25) is 0 Å². The van der Waals surface area contributed by atoms with Gasteiger partial charge in [0.2, 0.25) is 0 Å². The molecule has 2 heterocycles. The molecule has 0 saturated carbocycles. The molecule has 0 amide bonds.